The topological polar surface area (TPSA) is 101 Å². The molecule has 2 N–H and O–H groups in total. The van der Waals surface area contributed by atoms with E-state index in [1.54, 1.807) is 6.92 Å². The molecule has 0 fully saturated rings. The fourth-order valence-corrected chi connectivity index (χ4v) is 3.09. The van der Waals surface area contributed by atoms with Gasteiger partial charge in [-0.05, 0) is 25.1 Å². The first-order chi connectivity index (χ1) is 9.85. The van der Waals surface area contributed by atoms with Crippen molar-refractivity contribution >= 4 is 33.3 Å². The summed E-state index contributed by atoms with van der Waals surface area (Å²) in [6.45, 7) is 1.58. The molecule has 21 heavy (non-hydrogen) atoms. The molecule has 7 nitrogen and oxygen atoms in total. The van der Waals surface area contributed by atoms with Crippen molar-refractivity contribution in [2.24, 2.45) is 0 Å². The third kappa shape index (κ3) is 3.17. The summed E-state index contributed by atoms with van der Waals surface area (Å²) in [5.74, 6) is -0.591. The van der Waals surface area contributed by atoms with Gasteiger partial charge in [-0.15, -0.1) is 0 Å². The fraction of sp³-hybridized carbons (Fsp3) is 0.167. The van der Waals surface area contributed by atoms with Crippen LogP contribution in [-0.2, 0) is 14.8 Å². The molecule has 0 aliphatic heterocycles. The van der Waals surface area contributed by atoms with Gasteiger partial charge in [0.1, 0.15) is 4.90 Å². The molecule has 0 aliphatic carbocycles. The number of aryl methyl sites for hydroxylation is 1. The van der Waals surface area contributed by atoms with Crippen LogP contribution in [0.1, 0.15) is 16.1 Å². The van der Waals surface area contributed by atoms with Crippen molar-refractivity contribution in [3.63, 3.8) is 0 Å². The first-order valence-corrected chi connectivity index (χ1v) is 7.62. The van der Waals surface area contributed by atoms with E-state index in [1.165, 1.54) is 31.5 Å². The van der Waals surface area contributed by atoms with E-state index in [0.717, 1.165) is 0 Å². The Labute approximate surface area is 126 Å². The maximum absolute atomic E-state index is 12.2. The number of anilines is 1. The number of ether oxygens (including phenoxy) is 1. The monoisotopic (exact) mass is 329 g/mol. The van der Waals surface area contributed by atoms with E-state index in [1.807, 2.05) is 0 Å². The van der Waals surface area contributed by atoms with E-state index < -0.39 is 16.0 Å². The highest BCUT2D eigenvalue weighted by atomic mass is 35.5. The number of esters is 1. The molecule has 0 bridgehead atoms. The van der Waals surface area contributed by atoms with Crippen molar-refractivity contribution in [1.82, 2.24) is 10.2 Å². The third-order valence-electron chi connectivity index (χ3n) is 2.70. The number of carbonyl (C=O) groups is 1. The minimum absolute atomic E-state index is 0.00189. The SMILES string of the molecule is COC(=O)c1ccc(Cl)c(NS(=O)(=O)c2cn[nH]c2C)c1. The maximum atomic E-state index is 12.2. The largest absolute Gasteiger partial charge is 0.465 e. The molecular weight excluding hydrogens is 318 g/mol. The van der Waals surface area contributed by atoms with Gasteiger partial charge >= 0.3 is 5.97 Å². The van der Waals surface area contributed by atoms with Crippen molar-refractivity contribution < 1.29 is 17.9 Å². The number of hydrogen-bond acceptors (Lipinski definition) is 5. The van der Waals surface area contributed by atoms with Crippen LogP contribution in [0, 0.1) is 6.92 Å². The Morgan fingerprint density at radius 1 is 1.43 bits per heavy atom. The first-order valence-electron chi connectivity index (χ1n) is 5.76. The summed E-state index contributed by atoms with van der Waals surface area (Å²) in [5.41, 5.74) is 0.659. The van der Waals surface area contributed by atoms with Crippen molar-refractivity contribution in [3.8, 4) is 0 Å². The van der Waals surface area contributed by atoms with E-state index in [-0.39, 0.29) is 21.2 Å². The van der Waals surface area contributed by atoms with Crippen LogP contribution in [0.4, 0.5) is 5.69 Å². The van der Waals surface area contributed by atoms with Gasteiger partial charge in [0.05, 0.1) is 35.3 Å². The summed E-state index contributed by atoms with van der Waals surface area (Å²) in [7, 11) is -2.62. The summed E-state index contributed by atoms with van der Waals surface area (Å²) in [5, 5.41) is 6.36. The highest BCUT2D eigenvalue weighted by molar-refractivity contribution is 7.92. The van der Waals surface area contributed by atoms with Crippen LogP contribution in [0.25, 0.3) is 0 Å². The number of hydrogen-bond donors (Lipinski definition) is 2. The lowest BCUT2D eigenvalue weighted by atomic mass is 10.2. The van der Waals surface area contributed by atoms with E-state index in [2.05, 4.69) is 19.7 Å². The van der Waals surface area contributed by atoms with E-state index in [4.69, 9.17) is 11.6 Å². The number of rotatable bonds is 4. The lowest BCUT2D eigenvalue weighted by molar-refractivity contribution is 0.0601. The Morgan fingerprint density at radius 3 is 2.71 bits per heavy atom. The number of carbonyl (C=O) groups excluding carboxylic acids is 1. The van der Waals surface area contributed by atoms with Crippen molar-refractivity contribution in [2.75, 3.05) is 11.8 Å². The summed E-state index contributed by atoms with van der Waals surface area (Å²) in [6, 6.07) is 4.16. The second-order valence-corrected chi connectivity index (χ2v) is 6.21. The Balaban J connectivity index is 2.40. The van der Waals surface area contributed by atoms with Gasteiger partial charge in [0.2, 0.25) is 0 Å². The molecule has 1 heterocycles. The maximum Gasteiger partial charge on any atom is 0.337 e. The van der Waals surface area contributed by atoms with E-state index >= 15 is 0 Å². The van der Waals surface area contributed by atoms with Crippen molar-refractivity contribution in [2.45, 2.75) is 11.8 Å². The number of halogens is 1. The molecule has 2 rings (SSSR count). The summed E-state index contributed by atoms with van der Waals surface area (Å²) in [4.78, 5) is 11.5. The van der Waals surface area contributed by atoms with Crippen LogP contribution in [0.3, 0.4) is 0 Å². The predicted octanol–water partition coefficient (Wildman–Crippen LogP) is 1.96. The summed E-state index contributed by atoms with van der Waals surface area (Å²) in [6.07, 6.45) is 1.19. The molecule has 0 saturated heterocycles. The minimum Gasteiger partial charge on any atom is -0.465 e. The average Bonchev–Trinajstić information content (AvgIpc) is 2.87. The van der Waals surface area contributed by atoms with Crippen LogP contribution < -0.4 is 4.72 Å². The van der Waals surface area contributed by atoms with E-state index in [9.17, 15) is 13.2 Å². The van der Waals surface area contributed by atoms with Gasteiger partial charge in [0.25, 0.3) is 10.0 Å². The molecule has 0 spiro atoms. The van der Waals surface area contributed by atoms with E-state index in [0.29, 0.717) is 5.69 Å². The molecule has 0 unspecified atom stereocenters. The highest BCUT2D eigenvalue weighted by Crippen LogP contribution is 2.26. The Kier molecular flexibility index (Phi) is 4.19. The lowest BCUT2D eigenvalue weighted by Crippen LogP contribution is -2.14. The summed E-state index contributed by atoms with van der Waals surface area (Å²) >= 11 is 5.95. The van der Waals surface area contributed by atoms with Crippen LogP contribution >= 0.6 is 11.6 Å². The lowest BCUT2D eigenvalue weighted by Gasteiger charge is -2.10. The standard InChI is InChI=1S/C12H12ClN3O4S/c1-7-11(6-14-15-7)21(18,19)16-10-5-8(12(17)20-2)3-4-9(10)13/h3-6,16H,1-2H3,(H,14,15). The first kappa shape index (κ1) is 15.3. The molecule has 9 heteroatoms. The van der Waals surface area contributed by atoms with Crippen LogP contribution in [0.2, 0.25) is 5.02 Å². The zero-order chi connectivity index (χ0) is 15.6. The Hall–Kier alpha value is -2.06. The van der Waals surface area contributed by atoms with Gasteiger partial charge in [-0.2, -0.15) is 5.10 Å². The van der Waals surface area contributed by atoms with Crippen LogP contribution in [-0.4, -0.2) is 31.7 Å². The molecule has 0 aliphatic rings. The minimum atomic E-state index is -3.85. The van der Waals surface area contributed by atoms with Gasteiger partial charge in [-0.25, -0.2) is 13.2 Å². The zero-order valence-corrected chi connectivity index (χ0v) is 12.7. The smallest absolute Gasteiger partial charge is 0.337 e. The quantitative estimate of drug-likeness (QED) is 0.835. The number of methoxy groups -OCH3 is 1. The Morgan fingerprint density at radius 2 is 2.14 bits per heavy atom. The number of aromatic amines is 1. The third-order valence-corrected chi connectivity index (χ3v) is 4.51. The second kappa shape index (κ2) is 5.74. The van der Waals surface area contributed by atoms with Gasteiger partial charge in [-0.3, -0.25) is 9.82 Å². The number of nitrogens with zero attached hydrogens (tertiary/aromatic N) is 1. The normalized spacial score (nSPS) is 11.2. The fourth-order valence-electron chi connectivity index (χ4n) is 1.66. The predicted molar refractivity (Wildman–Crippen MR) is 76.9 cm³/mol. The molecule has 1 aromatic heterocycles. The van der Waals surface area contributed by atoms with Crippen molar-refractivity contribution in [3.05, 3.63) is 40.7 Å². The zero-order valence-electron chi connectivity index (χ0n) is 11.2. The molecule has 0 amide bonds. The number of aromatic nitrogens is 2. The molecule has 0 atom stereocenters. The number of nitrogens with one attached hydrogen (secondary N) is 2. The number of benzene rings is 1. The molecule has 1 aromatic carbocycles. The Bertz CT molecular complexity index is 786. The van der Waals surface area contributed by atoms with Gasteiger partial charge < -0.3 is 4.74 Å². The van der Waals surface area contributed by atoms with Gasteiger partial charge in [0, 0.05) is 0 Å². The van der Waals surface area contributed by atoms with Crippen molar-refractivity contribution in [1.29, 1.82) is 0 Å². The average molecular weight is 330 g/mol. The number of H-pyrrole nitrogens is 1. The van der Waals surface area contributed by atoms with Gasteiger partial charge in [-0.1, -0.05) is 11.6 Å². The van der Waals surface area contributed by atoms with Gasteiger partial charge in [0.15, 0.2) is 0 Å². The highest BCUT2D eigenvalue weighted by Gasteiger charge is 2.20. The van der Waals surface area contributed by atoms with Crippen LogP contribution in [0.5, 0.6) is 0 Å². The number of sulfonamides is 1. The molecule has 0 radical (unpaired) electrons. The molecule has 2 aromatic rings. The second-order valence-electron chi connectivity index (χ2n) is 4.15. The molecule has 0 saturated carbocycles. The summed E-state index contributed by atoms with van der Waals surface area (Å²) < 4.78 is 31.4. The van der Waals surface area contributed by atoms with Crippen LogP contribution in [0.15, 0.2) is 29.3 Å². The molecule has 112 valence electrons. The molecular formula is C12H12ClN3O4S.